The van der Waals surface area contributed by atoms with Crippen LogP contribution in [-0.4, -0.2) is 22.6 Å². The standard InChI is InChI=1S/C14H16N2O3S/c1-10-12(17)15-14(18)16(13(10)20-2)19-9-8-11-6-4-3-5-7-11/h3-7H,8-9H2,1-2H3,(H,15,17,18). The first-order chi connectivity index (χ1) is 9.63. The van der Waals surface area contributed by atoms with Gasteiger partial charge in [-0.05, 0) is 18.7 Å². The molecule has 0 bridgehead atoms. The molecule has 2 rings (SSSR count). The minimum absolute atomic E-state index is 0.364. The van der Waals surface area contributed by atoms with E-state index in [2.05, 4.69) is 4.98 Å². The highest BCUT2D eigenvalue weighted by atomic mass is 32.2. The number of benzene rings is 1. The summed E-state index contributed by atoms with van der Waals surface area (Å²) in [6, 6.07) is 9.86. The third-order valence-electron chi connectivity index (χ3n) is 2.90. The third kappa shape index (κ3) is 3.14. The highest BCUT2D eigenvalue weighted by Gasteiger charge is 2.11. The molecule has 0 saturated heterocycles. The summed E-state index contributed by atoms with van der Waals surface area (Å²) in [5.74, 6) is 0. The van der Waals surface area contributed by atoms with Gasteiger partial charge in [-0.1, -0.05) is 30.3 Å². The minimum Gasteiger partial charge on any atom is -0.408 e. The second-order valence-electron chi connectivity index (χ2n) is 4.26. The average molecular weight is 292 g/mol. The Bertz CT molecular complexity index is 692. The number of aromatic amines is 1. The fourth-order valence-corrected chi connectivity index (χ4v) is 2.54. The Kier molecular flexibility index (Phi) is 4.68. The average Bonchev–Trinajstić information content (AvgIpc) is 2.45. The molecule has 1 N–H and O–H groups in total. The van der Waals surface area contributed by atoms with Crippen LogP contribution in [0.5, 0.6) is 0 Å². The maximum Gasteiger partial charge on any atom is 0.362 e. The SMILES string of the molecule is CSc1c(C)c(=O)[nH]c(=O)n1OCCc1ccccc1. The monoisotopic (exact) mass is 292 g/mol. The molecular formula is C14H16N2O3S. The zero-order valence-corrected chi connectivity index (χ0v) is 12.2. The first kappa shape index (κ1) is 14.5. The van der Waals surface area contributed by atoms with Gasteiger partial charge in [0.1, 0.15) is 11.6 Å². The Labute approximate surface area is 120 Å². The van der Waals surface area contributed by atoms with Gasteiger partial charge in [-0.2, -0.15) is 0 Å². The van der Waals surface area contributed by atoms with Crippen molar-refractivity contribution in [3.8, 4) is 0 Å². The summed E-state index contributed by atoms with van der Waals surface area (Å²) < 4.78 is 1.16. The fourth-order valence-electron chi connectivity index (χ4n) is 1.84. The first-order valence-corrected chi connectivity index (χ1v) is 7.43. The van der Waals surface area contributed by atoms with Gasteiger partial charge in [0.25, 0.3) is 5.56 Å². The van der Waals surface area contributed by atoms with Crippen LogP contribution in [0.3, 0.4) is 0 Å². The van der Waals surface area contributed by atoms with Gasteiger partial charge in [-0.15, -0.1) is 16.5 Å². The highest BCUT2D eigenvalue weighted by molar-refractivity contribution is 7.98. The molecule has 6 heteroatoms. The van der Waals surface area contributed by atoms with Crippen LogP contribution in [0.15, 0.2) is 44.9 Å². The second kappa shape index (κ2) is 6.47. The van der Waals surface area contributed by atoms with Gasteiger partial charge in [0.05, 0.1) is 0 Å². The van der Waals surface area contributed by atoms with Crippen LogP contribution in [0.1, 0.15) is 11.1 Å². The molecule has 5 nitrogen and oxygen atoms in total. The lowest BCUT2D eigenvalue weighted by atomic mass is 10.2. The quantitative estimate of drug-likeness (QED) is 0.665. The van der Waals surface area contributed by atoms with E-state index in [1.807, 2.05) is 30.3 Å². The van der Waals surface area contributed by atoms with Gasteiger partial charge in [-0.25, -0.2) is 4.79 Å². The molecule has 1 aromatic carbocycles. The van der Waals surface area contributed by atoms with Crippen molar-refractivity contribution in [2.45, 2.75) is 18.4 Å². The van der Waals surface area contributed by atoms with E-state index >= 15 is 0 Å². The topological polar surface area (TPSA) is 64.1 Å². The van der Waals surface area contributed by atoms with Gasteiger partial charge >= 0.3 is 5.69 Å². The summed E-state index contributed by atoms with van der Waals surface area (Å²) >= 11 is 1.31. The highest BCUT2D eigenvalue weighted by Crippen LogP contribution is 2.13. The van der Waals surface area contributed by atoms with Crippen molar-refractivity contribution in [2.75, 3.05) is 12.9 Å². The predicted molar refractivity (Wildman–Crippen MR) is 79.4 cm³/mol. The molecular weight excluding hydrogens is 276 g/mol. The van der Waals surface area contributed by atoms with E-state index in [1.54, 1.807) is 13.2 Å². The van der Waals surface area contributed by atoms with Crippen LogP contribution < -0.4 is 16.1 Å². The van der Waals surface area contributed by atoms with Crippen molar-refractivity contribution < 1.29 is 4.84 Å². The van der Waals surface area contributed by atoms with Crippen LogP contribution in [0, 0.1) is 6.92 Å². The lowest BCUT2D eigenvalue weighted by molar-refractivity contribution is 0.0811. The normalized spacial score (nSPS) is 10.5. The summed E-state index contributed by atoms with van der Waals surface area (Å²) in [6.45, 7) is 2.03. The van der Waals surface area contributed by atoms with Crippen molar-refractivity contribution in [2.24, 2.45) is 0 Å². The Morgan fingerprint density at radius 1 is 1.25 bits per heavy atom. The maximum atomic E-state index is 11.8. The summed E-state index contributed by atoms with van der Waals surface area (Å²) in [5.41, 5.74) is 0.699. The minimum atomic E-state index is -0.544. The second-order valence-corrected chi connectivity index (χ2v) is 5.05. The molecule has 2 aromatic rings. The summed E-state index contributed by atoms with van der Waals surface area (Å²) in [7, 11) is 0. The van der Waals surface area contributed by atoms with Crippen LogP contribution >= 0.6 is 11.8 Å². The number of thioether (sulfide) groups is 1. The molecule has 1 aromatic heterocycles. The van der Waals surface area contributed by atoms with Gasteiger partial charge in [0.15, 0.2) is 0 Å². The lowest BCUT2D eigenvalue weighted by Gasteiger charge is -2.13. The first-order valence-electron chi connectivity index (χ1n) is 6.20. The Morgan fingerprint density at radius 2 is 1.95 bits per heavy atom. The zero-order valence-electron chi connectivity index (χ0n) is 11.4. The third-order valence-corrected chi connectivity index (χ3v) is 3.76. The van der Waals surface area contributed by atoms with Crippen LogP contribution in [0.4, 0.5) is 0 Å². The molecule has 106 valence electrons. The van der Waals surface area contributed by atoms with E-state index in [1.165, 1.54) is 11.8 Å². The Hall–Kier alpha value is -1.95. The van der Waals surface area contributed by atoms with Crippen LogP contribution in [-0.2, 0) is 6.42 Å². The summed E-state index contributed by atoms with van der Waals surface area (Å²) in [6.07, 6.45) is 2.50. The molecule has 0 atom stereocenters. The largest absolute Gasteiger partial charge is 0.408 e. The zero-order chi connectivity index (χ0) is 14.5. The van der Waals surface area contributed by atoms with Gasteiger partial charge in [0.2, 0.25) is 0 Å². The van der Waals surface area contributed by atoms with Gasteiger partial charge in [-0.3, -0.25) is 9.78 Å². The molecule has 0 unspecified atom stereocenters. The predicted octanol–water partition coefficient (Wildman–Crippen LogP) is 1.24. The molecule has 0 aliphatic carbocycles. The molecule has 0 fully saturated rings. The van der Waals surface area contributed by atoms with E-state index in [0.29, 0.717) is 23.6 Å². The van der Waals surface area contributed by atoms with Crippen molar-refractivity contribution >= 4 is 11.8 Å². The van der Waals surface area contributed by atoms with E-state index < -0.39 is 5.69 Å². The maximum absolute atomic E-state index is 11.8. The number of H-pyrrole nitrogens is 1. The van der Waals surface area contributed by atoms with E-state index in [4.69, 9.17) is 4.84 Å². The van der Waals surface area contributed by atoms with Crippen LogP contribution in [0.25, 0.3) is 0 Å². The summed E-state index contributed by atoms with van der Waals surface area (Å²) in [5, 5.41) is 0.534. The van der Waals surface area contributed by atoms with Crippen molar-refractivity contribution in [3.05, 3.63) is 62.3 Å². The molecule has 0 aliphatic heterocycles. The molecule has 0 amide bonds. The van der Waals surface area contributed by atoms with E-state index in [-0.39, 0.29) is 5.56 Å². The number of hydrogen-bond acceptors (Lipinski definition) is 4. The number of aromatic nitrogens is 2. The van der Waals surface area contributed by atoms with Crippen molar-refractivity contribution in [3.63, 3.8) is 0 Å². The van der Waals surface area contributed by atoms with E-state index in [0.717, 1.165) is 10.3 Å². The van der Waals surface area contributed by atoms with Crippen LogP contribution in [0.2, 0.25) is 0 Å². The summed E-state index contributed by atoms with van der Waals surface area (Å²) in [4.78, 5) is 31.1. The lowest BCUT2D eigenvalue weighted by Crippen LogP contribution is -2.37. The Morgan fingerprint density at radius 3 is 2.60 bits per heavy atom. The smallest absolute Gasteiger partial charge is 0.362 e. The molecule has 1 heterocycles. The van der Waals surface area contributed by atoms with Crippen molar-refractivity contribution in [1.82, 2.24) is 9.71 Å². The number of rotatable bonds is 5. The molecule has 0 aliphatic rings. The molecule has 0 saturated carbocycles. The van der Waals surface area contributed by atoms with E-state index in [9.17, 15) is 9.59 Å². The molecule has 0 radical (unpaired) electrons. The molecule has 20 heavy (non-hydrogen) atoms. The number of nitrogens with one attached hydrogen (secondary N) is 1. The van der Waals surface area contributed by atoms with Gasteiger partial charge < -0.3 is 4.84 Å². The Balaban J connectivity index is 2.16. The van der Waals surface area contributed by atoms with Gasteiger partial charge in [0, 0.05) is 12.0 Å². The number of hydrogen-bond donors (Lipinski definition) is 1. The fraction of sp³-hybridized carbons (Fsp3) is 0.286. The number of nitrogens with zero attached hydrogens (tertiary/aromatic N) is 1. The van der Waals surface area contributed by atoms with Crippen molar-refractivity contribution in [1.29, 1.82) is 0 Å². The molecule has 0 spiro atoms.